The van der Waals surface area contributed by atoms with E-state index in [0.29, 0.717) is 24.3 Å². The number of carbonyl (C=O) groups is 1. The highest BCUT2D eigenvalue weighted by Crippen LogP contribution is 2.31. The zero-order chi connectivity index (χ0) is 17.8. The molecule has 1 aliphatic carbocycles. The van der Waals surface area contributed by atoms with Crippen LogP contribution in [-0.2, 0) is 4.79 Å². The van der Waals surface area contributed by atoms with Crippen LogP contribution in [0.3, 0.4) is 0 Å². The summed E-state index contributed by atoms with van der Waals surface area (Å²) < 4.78 is 11.7. The normalized spacial score (nSPS) is 24.0. The van der Waals surface area contributed by atoms with Gasteiger partial charge < -0.3 is 19.7 Å². The second-order valence-electron chi connectivity index (χ2n) is 7.91. The molecular weight excluding hydrogens is 328 g/mol. The number of hydrogen-bond donors (Lipinski definition) is 1. The molecule has 26 heavy (non-hydrogen) atoms. The second kappa shape index (κ2) is 8.30. The number of piperidine rings is 1. The molecule has 0 bridgehead atoms. The van der Waals surface area contributed by atoms with Crippen molar-refractivity contribution in [2.45, 2.75) is 44.6 Å². The summed E-state index contributed by atoms with van der Waals surface area (Å²) in [5.41, 5.74) is 0. The lowest BCUT2D eigenvalue weighted by Crippen LogP contribution is -2.44. The Kier molecular flexibility index (Phi) is 5.63. The summed E-state index contributed by atoms with van der Waals surface area (Å²) in [7, 11) is 0. The topological polar surface area (TPSA) is 50.8 Å². The van der Waals surface area contributed by atoms with E-state index in [1.165, 1.54) is 12.8 Å². The van der Waals surface area contributed by atoms with E-state index in [9.17, 15) is 4.79 Å². The van der Waals surface area contributed by atoms with Crippen LogP contribution >= 0.6 is 0 Å². The molecule has 0 radical (unpaired) electrons. The highest BCUT2D eigenvalue weighted by atomic mass is 16.6. The van der Waals surface area contributed by atoms with E-state index >= 15 is 0 Å². The van der Waals surface area contributed by atoms with Crippen LogP contribution in [0, 0.1) is 11.8 Å². The molecule has 4 rings (SSSR count). The minimum absolute atomic E-state index is 0.0638. The average molecular weight is 358 g/mol. The van der Waals surface area contributed by atoms with Crippen LogP contribution < -0.4 is 14.8 Å². The Hall–Kier alpha value is -1.75. The van der Waals surface area contributed by atoms with Gasteiger partial charge in [0.25, 0.3) is 0 Å². The fourth-order valence-electron chi connectivity index (χ4n) is 4.40. The van der Waals surface area contributed by atoms with Crippen LogP contribution in [0.25, 0.3) is 0 Å². The number of amides is 1. The number of carbonyl (C=O) groups excluding carboxylic acids is 1. The first-order valence-electron chi connectivity index (χ1n) is 10.2. The molecule has 1 aromatic rings. The third-order valence-electron chi connectivity index (χ3n) is 6.00. The number of nitrogens with zero attached hydrogens (tertiary/aromatic N) is 1. The average Bonchev–Trinajstić information content (AvgIpc) is 3.23. The molecule has 5 heteroatoms. The van der Waals surface area contributed by atoms with Gasteiger partial charge in [-0.15, -0.1) is 0 Å². The van der Waals surface area contributed by atoms with Crippen molar-refractivity contribution in [3.8, 4) is 11.5 Å². The number of nitrogens with one attached hydrogen (secondary N) is 1. The molecule has 1 atom stereocenters. The summed E-state index contributed by atoms with van der Waals surface area (Å²) in [5.74, 6) is 3.06. The summed E-state index contributed by atoms with van der Waals surface area (Å²) in [6, 6.07) is 7.83. The van der Waals surface area contributed by atoms with E-state index in [4.69, 9.17) is 9.47 Å². The van der Waals surface area contributed by atoms with Gasteiger partial charge in [-0.2, -0.15) is 0 Å². The summed E-state index contributed by atoms with van der Waals surface area (Å²) >= 11 is 0. The summed E-state index contributed by atoms with van der Waals surface area (Å²) in [5, 5.41) is 3.55. The number of para-hydroxylation sites is 2. The highest BCUT2D eigenvalue weighted by molar-refractivity contribution is 5.79. The van der Waals surface area contributed by atoms with Crippen LogP contribution in [0.15, 0.2) is 24.3 Å². The van der Waals surface area contributed by atoms with Gasteiger partial charge in [0.05, 0.1) is 0 Å². The van der Waals surface area contributed by atoms with Crippen molar-refractivity contribution in [3.05, 3.63) is 24.3 Å². The molecule has 1 N–H and O–H groups in total. The van der Waals surface area contributed by atoms with Crippen molar-refractivity contribution >= 4 is 5.91 Å². The summed E-state index contributed by atoms with van der Waals surface area (Å²) in [6.07, 6.45) is 6.95. The van der Waals surface area contributed by atoms with Gasteiger partial charge in [-0.25, -0.2) is 0 Å². The second-order valence-corrected chi connectivity index (χ2v) is 7.91. The molecule has 2 aliphatic heterocycles. The summed E-state index contributed by atoms with van der Waals surface area (Å²) in [4.78, 5) is 14.6. The van der Waals surface area contributed by atoms with Crippen molar-refractivity contribution in [2.24, 2.45) is 11.8 Å². The lowest BCUT2D eigenvalue weighted by Gasteiger charge is -2.34. The predicted octanol–water partition coefficient (Wildman–Crippen LogP) is 2.84. The molecule has 142 valence electrons. The molecule has 1 aromatic carbocycles. The first kappa shape index (κ1) is 17.7. The molecular formula is C21H30N2O3. The third kappa shape index (κ3) is 4.14. The Morgan fingerprint density at radius 2 is 1.77 bits per heavy atom. The van der Waals surface area contributed by atoms with Crippen LogP contribution in [-0.4, -0.2) is 49.7 Å². The Labute approximate surface area is 156 Å². The number of hydrogen-bond acceptors (Lipinski definition) is 4. The van der Waals surface area contributed by atoms with Gasteiger partial charge >= 0.3 is 0 Å². The van der Waals surface area contributed by atoms with Crippen molar-refractivity contribution < 1.29 is 14.3 Å². The van der Waals surface area contributed by atoms with Crippen LogP contribution in [0.5, 0.6) is 11.5 Å². The number of benzene rings is 1. The quantitative estimate of drug-likeness (QED) is 0.879. The number of ether oxygens (including phenoxy) is 2. The van der Waals surface area contributed by atoms with E-state index in [1.807, 2.05) is 24.3 Å². The maximum Gasteiger partial charge on any atom is 0.225 e. The van der Waals surface area contributed by atoms with Gasteiger partial charge in [0.1, 0.15) is 12.7 Å². The van der Waals surface area contributed by atoms with E-state index in [2.05, 4.69) is 10.2 Å². The molecule has 1 saturated heterocycles. The standard InChI is InChI=1S/C21H30N2O3/c24-21(17-5-1-2-6-17)23-11-9-16(10-12-23)13-22-14-18-15-25-19-7-3-4-8-20(19)26-18/h3-4,7-8,16-18,22H,1-2,5-6,9-15H2. The van der Waals surface area contributed by atoms with Gasteiger partial charge in [-0.1, -0.05) is 25.0 Å². The lowest BCUT2D eigenvalue weighted by atomic mass is 9.95. The predicted molar refractivity (Wildman–Crippen MR) is 100 cm³/mol. The van der Waals surface area contributed by atoms with Crippen LogP contribution in [0.1, 0.15) is 38.5 Å². The van der Waals surface area contributed by atoms with E-state index < -0.39 is 0 Å². The van der Waals surface area contributed by atoms with Crippen molar-refractivity contribution in [3.63, 3.8) is 0 Å². The Morgan fingerprint density at radius 1 is 1.04 bits per heavy atom. The summed E-state index contributed by atoms with van der Waals surface area (Å²) in [6.45, 7) is 4.25. The van der Waals surface area contributed by atoms with Gasteiger partial charge in [0.15, 0.2) is 11.5 Å². The van der Waals surface area contributed by atoms with Gasteiger partial charge in [-0.05, 0) is 50.3 Å². The monoisotopic (exact) mass is 358 g/mol. The molecule has 2 heterocycles. The highest BCUT2D eigenvalue weighted by Gasteiger charge is 2.30. The van der Waals surface area contributed by atoms with E-state index in [-0.39, 0.29) is 6.10 Å². The first-order chi connectivity index (χ1) is 12.8. The maximum atomic E-state index is 12.5. The van der Waals surface area contributed by atoms with E-state index in [0.717, 1.165) is 63.4 Å². The van der Waals surface area contributed by atoms with Crippen molar-refractivity contribution in [1.82, 2.24) is 10.2 Å². The van der Waals surface area contributed by atoms with Crippen molar-refractivity contribution in [2.75, 3.05) is 32.8 Å². The molecule has 0 spiro atoms. The van der Waals surface area contributed by atoms with Crippen molar-refractivity contribution in [1.29, 1.82) is 0 Å². The van der Waals surface area contributed by atoms with E-state index in [1.54, 1.807) is 0 Å². The molecule has 1 saturated carbocycles. The number of likely N-dealkylation sites (tertiary alicyclic amines) is 1. The lowest BCUT2D eigenvalue weighted by molar-refractivity contribution is -0.136. The molecule has 2 fully saturated rings. The minimum atomic E-state index is 0.0638. The molecule has 3 aliphatic rings. The minimum Gasteiger partial charge on any atom is -0.486 e. The van der Waals surface area contributed by atoms with Crippen LogP contribution in [0.4, 0.5) is 0 Å². The number of rotatable bonds is 5. The van der Waals surface area contributed by atoms with Gasteiger partial charge in [-0.3, -0.25) is 4.79 Å². The molecule has 1 amide bonds. The fourth-order valence-corrected chi connectivity index (χ4v) is 4.40. The number of fused-ring (bicyclic) bond motifs is 1. The SMILES string of the molecule is O=C(C1CCCC1)N1CCC(CNCC2COc3ccccc3O2)CC1. The first-order valence-corrected chi connectivity index (χ1v) is 10.2. The van der Waals surface area contributed by atoms with Crippen LogP contribution in [0.2, 0.25) is 0 Å². The van der Waals surface area contributed by atoms with Gasteiger partial charge in [0, 0.05) is 25.6 Å². The molecule has 5 nitrogen and oxygen atoms in total. The maximum absolute atomic E-state index is 12.5. The smallest absolute Gasteiger partial charge is 0.225 e. The third-order valence-corrected chi connectivity index (χ3v) is 6.00. The molecule has 0 aromatic heterocycles. The zero-order valence-corrected chi connectivity index (χ0v) is 15.5. The van der Waals surface area contributed by atoms with Gasteiger partial charge in [0.2, 0.25) is 5.91 Å². The Balaban J connectivity index is 1.15. The Morgan fingerprint density at radius 3 is 2.54 bits per heavy atom. The Bertz CT molecular complexity index is 607. The molecule has 1 unspecified atom stereocenters. The fraction of sp³-hybridized carbons (Fsp3) is 0.667. The zero-order valence-electron chi connectivity index (χ0n) is 15.5. The largest absolute Gasteiger partial charge is 0.486 e.